The third-order valence-electron chi connectivity index (χ3n) is 2.31. The largest absolute Gasteiger partial charge is 0.375 e. The van der Waals surface area contributed by atoms with Crippen LogP contribution in [0.3, 0.4) is 0 Å². The summed E-state index contributed by atoms with van der Waals surface area (Å²) in [6, 6.07) is 1.38. The molecule has 0 spiro atoms. The van der Waals surface area contributed by atoms with Crippen LogP contribution in [0.1, 0.15) is 5.56 Å². The molecule has 0 unspecified atom stereocenters. The van der Waals surface area contributed by atoms with Crippen LogP contribution >= 0.6 is 11.3 Å². The number of non-ortho nitro benzene ring substituents is 1. The van der Waals surface area contributed by atoms with Crippen LogP contribution in [0, 0.1) is 17.0 Å². The molecular weight excluding hydrogens is 242 g/mol. The topological polar surface area (TPSA) is 106 Å². The first-order valence-corrected chi connectivity index (χ1v) is 5.42. The van der Waals surface area contributed by atoms with Crippen LogP contribution in [0.4, 0.5) is 16.5 Å². The van der Waals surface area contributed by atoms with Crippen LogP contribution in [0.2, 0.25) is 0 Å². The SMILES string of the molecule is C=NNc1cc([N+](=O)[O-])c2nc(N)sc2c1C. The van der Waals surface area contributed by atoms with E-state index in [0.29, 0.717) is 21.0 Å². The Morgan fingerprint density at radius 1 is 1.71 bits per heavy atom. The van der Waals surface area contributed by atoms with E-state index in [9.17, 15) is 10.1 Å². The first kappa shape index (κ1) is 11.3. The van der Waals surface area contributed by atoms with Gasteiger partial charge < -0.3 is 5.73 Å². The number of aryl methyl sites for hydroxylation is 1. The number of hydrogen-bond donors (Lipinski definition) is 2. The number of thiazole rings is 1. The van der Waals surface area contributed by atoms with Gasteiger partial charge in [0.05, 0.1) is 15.3 Å². The molecule has 0 amide bonds. The van der Waals surface area contributed by atoms with Gasteiger partial charge in [-0.25, -0.2) is 4.98 Å². The fraction of sp³-hybridized carbons (Fsp3) is 0.111. The van der Waals surface area contributed by atoms with Gasteiger partial charge in [0.1, 0.15) is 0 Å². The summed E-state index contributed by atoms with van der Waals surface area (Å²) >= 11 is 1.21. The summed E-state index contributed by atoms with van der Waals surface area (Å²) in [4.78, 5) is 14.4. The van der Waals surface area contributed by atoms with Gasteiger partial charge in [-0.2, -0.15) is 5.10 Å². The number of benzene rings is 1. The molecule has 0 radical (unpaired) electrons. The summed E-state index contributed by atoms with van der Waals surface area (Å²) in [5.41, 5.74) is 9.76. The maximum atomic E-state index is 10.9. The van der Waals surface area contributed by atoms with E-state index >= 15 is 0 Å². The number of hydrogen-bond acceptors (Lipinski definition) is 7. The highest BCUT2D eigenvalue weighted by molar-refractivity contribution is 7.22. The molecule has 88 valence electrons. The Labute approximate surface area is 100 Å². The van der Waals surface area contributed by atoms with E-state index in [1.54, 1.807) is 0 Å². The number of nitrogen functional groups attached to an aromatic ring is 1. The van der Waals surface area contributed by atoms with E-state index < -0.39 is 4.92 Å². The third-order valence-corrected chi connectivity index (χ3v) is 3.31. The number of fused-ring (bicyclic) bond motifs is 1. The number of nitrogens with zero attached hydrogens (tertiary/aromatic N) is 3. The number of nitro benzene ring substituents is 1. The maximum Gasteiger partial charge on any atom is 0.298 e. The van der Waals surface area contributed by atoms with Gasteiger partial charge in [0.15, 0.2) is 10.6 Å². The van der Waals surface area contributed by atoms with Crippen molar-refractivity contribution in [3.8, 4) is 0 Å². The monoisotopic (exact) mass is 251 g/mol. The predicted octanol–water partition coefficient (Wildman–Crippen LogP) is 2.12. The smallest absolute Gasteiger partial charge is 0.298 e. The summed E-state index contributed by atoms with van der Waals surface area (Å²) < 4.78 is 0.683. The van der Waals surface area contributed by atoms with Gasteiger partial charge in [0.2, 0.25) is 0 Å². The highest BCUT2D eigenvalue weighted by Crippen LogP contribution is 2.37. The Kier molecular flexibility index (Phi) is 2.64. The van der Waals surface area contributed by atoms with Gasteiger partial charge in [-0.3, -0.25) is 15.5 Å². The molecule has 0 saturated carbocycles. The third kappa shape index (κ3) is 1.78. The molecule has 3 N–H and O–H groups in total. The van der Waals surface area contributed by atoms with Gasteiger partial charge in [-0.15, -0.1) is 0 Å². The molecule has 0 bridgehead atoms. The summed E-state index contributed by atoms with van der Waals surface area (Å²) in [7, 11) is 0. The quantitative estimate of drug-likeness (QED) is 0.493. The molecular formula is C9H9N5O2S. The lowest BCUT2D eigenvalue weighted by Crippen LogP contribution is -1.96. The zero-order valence-electron chi connectivity index (χ0n) is 8.93. The van der Waals surface area contributed by atoms with Gasteiger partial charge in [-0.1, -0.05) is 11.3 Å². The molecule has 17 heavy (non-hydrogen) atoms. The van der Waals surface area contributed by atoms with Crippen molar-refractivity contribution in [2.45, 2.75) is 6.92 Å². The molecule has 0 fully saturated rings. The fourth-order valence-electron chi connectivity index (χ4n) is 1.54. The molecule has 7 nitrogen and oxygen atoms in total. The molecule has 2 aromatic rings. The van der Waals surface area contributed by atoms with Crippen LogP contribution in [0.15, 0.2) is 11.2 Å². The van der Waals surface area contributed by atoms with Crippen molar-refractivity contribution < 1.29 is 4.92 Å². The highest BCUT2D eigenvalue weighted by Gasteiger charge is 2.20. The second kappa shape index (κ2) is 3.98. The van der Waals surface area contributed by atoms with Crippen LogP contribution in [0.25, 0.3) is 10.2 Å². The van der Waals surface area contributed by atoms with Crippen molar-refractivity contribution in [2.75, 3.05) is 11.2 Å². The number of anilines is 2. The van der Waals surface area contributed by atoms with E-state index in [2.05, 4.69) is 22.2 Å². The minimum absolute atomic E-state index is 0.0929. The molecule has 0 atom stereocenters. The van der Waals surface area contributed by atoms with Crippen LogP contribution in [0.5, 0.6) is 0 Å². The van der Waals surface area contributed by atoms with Crippen molar-refractivity contribution >= 4 is 44.8 Å². The molecule has 2 rings (SSSR count). The summed E-state index contributed by atoms with van der Waals surface area (Å²) in [5.74, 6) is 0. The van der Waals surface area contributed by atoms with E-state index in [-0.39, 0.29) is 5.69 Å². The number of hydrazone groups is 1. The van der Waals surface area contributed by atoms with E-state index in [4.69, 9.17) is 5.73 Å². The Morgan fingerprint density at radius 3 is 3.00 bits per heavy atom. The first-order valence-electron chi connectivity index (χ1n) is 4.60. The van der Waals surface area contributed by atoms with Gasteiger partial charge in [0, 0.05) is 12.8 Å². The minimum atomic E-state index is -0.491. The average Bonchev–Trinajstić information content (AvgIpc) is 2.64. The standard InChI is InChI=1S/C9H9N5O2S/c1-4-5(13-11-2)3-6(14(15)16)7-8(4)17-9(10)12-7/h3,13H,2H2,1H3,(H2,10,12). The molecule has 1 aromatic carbocycles. The Morgan fingerprint density at radius 2 is 2.41 bits per heavy atom. The highest BCUT2D eigenvalue weighted by atomic mass is 32.1. The van der Waals surface area contributed by atoms with Gasteiger partial charge in [-0.05, 0) is 12.5 Å². The van der Waals surface area contributed by atoms with Crippen molar-refractivity contribution in [2.24, 2.45) is 5.10 Å². The maximum absolute atomic E-state index is 10.9. The van der Waals surface area contributed by atoms with Crippen LogP contribution in [-0.2, 0) is 0 Å². The van der Waals surface area contributed by atoms with E-state index in [0.717, 1.165) is 5.56 Å². The lowest BCUT2D eigenvalue weighted by Gasteiger charge is -2.05. The number of nitrogens with one attached hydrogen (secondary N) is 1. The molecule has 8 heteroatoms. The van der Waals surface area contributed by atoms with Crippen LogP contribution in [-0.4, -0.2) is 16.6 Å². The minimum Gasteiger partial charge on any atom is -0.375 e. The summed E-state index contributed by atoms with van der Waals surface area (Å²) in [6.07, 6.45) is 0. The van der Waals surface area contributed by atoms with Crippen molar-refractivity contribution in [3.63, 3.8) is 0 Å². The van der Waals surface area contributed by atoms with Crippen molar-refractivity contribution in [3.05, 3.63) is 21.7 Å². The van der Waals surface area contributed by atoms with Crippen molar-refractivity contribution in [1.29, 1.82) is 0 Å². The van der Waals surface area contributed by atoms with Gasteiger partial charge in [0.25, 0.3) is 5.69 Å². The van der Waals surface area contributed by atoms with Crippen LogP contribution < -0.4 is 11.2 Å². The lowest BCUT2D eigenvalue weighted by atomic mass is 10.1. The second-order valence-electron chi connectivity index (χ2n) is 3.33. The lowest BCUT2D eigenvalue weighted by molar-refractivity contribution is -0.383. The van der Waals surface area contributed by atoms with E-state index in [1.807, 2.05) is 6.92 Å². The molecule has 1 aromatic heterocycles. The molecule has 1 heterocycles. The summed E-state index contributed by atoms with van der Waals surface area (Å²) in [5, 5.41) is 14.8. The Balaban J connectivity index is 2.83. The number of aromatic nitrogens is 1. The average molecular weight is 251 g/mol. The van der Waals surface area contributed by atoms with Gasteiger partial charge >= 0.3 is 0 Å². The number of nitrogens with two attached hydrogens (primary N) is 1. The Hall–Kier alpha value is -2.22. The molecule has 0 aliphatic heterocycles. The molecule has 0 aliphatic carbocycles. The molecule has 0 aliphatic rings. The second-order valence-corrected chi connectivity index (χ2v) is 4.36. The normalized spacial score (nSPS) is 10.4. The van der Waals surface area contributed by atoms with E-state index in [1.165, 1.54) is 17.4 Å². The number of rotatable bonds is 3. The first-order chi connectivity index (χ1) is 8.04. The summed E-state index contributed by atoms with van der Waals surface area (Å²) in [6.45, 7) is 5.11. The molecule has 0 saturated heterocycles. The fourth-order valence-corrected chi connectivity index (χ4v) is 2.40. The van der Waals surface area contributed by atoms with Crippen molar-refractivity contribution in [1.82, 2.24) is 4.98 Å². The number of nitro groups is 1. The zero-order chi connectivity index (χ0) is 12.6. The predicted molar refractivity (Wildman–Crippen MR) is 68.6 cm³/mol. The zero-order valence-corrected chi connectivity index (χ0v) is 9.74. The Bertz CT molecular complexity index is 621.